The van der Waals surface area contributed by atoms with Crippen LogP contribution < -0.4 is 10.6 Å². The van der Waals surface area contributed by atoms with E-state index >= 15 is 0 Å². The Morgan fingerprint density at radius 2 is 2.03 bits per heavy atom. The first-order valence-corrected chi connectivity index (χ1v) is 10.1. The van der Waals surface area contributed by atoms with Crippen molar-refractivity contribution in [1.29, 1.82) is 0 Å². The predicted molar refractivity (Wildman–Crippen MR) is 113 cm³/mol. The second kappa shape index (κ2) is 7.29. The lowest BCUT2D eigenvalue weighted by atomic mass is 9.97. The van der Waals surface area contributed by atoms with Gasteiger partial charge in [-0.1, -0.05) is 0 Å². The van der Waals surface area contributed by atoms with Gasteiger partial charge >= 0.3 is 0 Å². The van der Waals surface area contributed by atoms with Crippen molar-refractivity contribution in [3.63, 3.8) is 0 Å². The number of hydrogen-bond donors (Lipinski definition) is 1. The van der Waals surface area contributed by atoms with Gasteiger partial charge in [-0.3, -0.25) is 4.68 Å². The molecule has 4 heterocycles. The Labute approximate surface area is 177 Å². The van der Waals surface area contributed by atoms with Gasteiger partial charge in [0.05, 0.1) is 23.3 Å². The van der Waals surface area contributed by atoms with Gasteiger partial charge in [0.1, 0.15) is 11.6 Å². The Hall–Kier alpha value is -3.56. The number of benzene rings is 1. The first-order chi connectivity index (χ1) is 14.9. The van der Waals surface area contributed by atoms with Gasteiger partial charge in [0.15, 0.2) is 17.3 Å². The highest BCUT2D eigenvalue weighted by Gasteiger charge is 2.27. The monoisotopic (exact) mass is 424 g/mol. The summed E-state index contributed by atoms with van der Waals surface area (Å²) in [5.74, 6) is -0.212. The number of nitrogen functional groups attached to an aromatic ring is 1. The average Bonchev–Trinajstić information content (AvgIpc) is 3.40. The molecule has 4 aromatic rings. The summed E-state index contributed by atoms with van der Waals surface area (Å²) in [6, 6.07) is 3.26. The first-order valence-electron chi connectivity index (χ1n) is 10.1. The number of rotatable bonds is 3. The largest absolute Gasteiger partial charge is 0.381 e. The number of nitrogens with zero attached hydrogens (tertiary/aromatic N) is 7. The molecule has 0 radical (unpaired) electrons. The lowest BCUT2D eigenvalue weighted by molar-refractivity contribution is 0.491. The minimum atomic E-state index is -0.574. The summed E-state index contributed by atoms with van der Waals surface area (Å²) in [6.45, 7) is 3.46. The molecule has 2 N–H and O–H groups in total. The lowest BCUT2D eigenvalue weighted by Gasteiger charge is -2.32. The van der Waals surface area contributed by atoms with Crippen LogP contribution >= 0.6 is 0 Å². The molecule has 1 aromatic carbocycles. The number of aryl methyl sites for hydroxylation is 2. The number of anilines is 2. The molecule has 8 nitrogen and oxygen atoms in total. The zero-order valence-electron chi connectivity index (χ0n) is 17.3. The van der Waals surface area contributed by atoms with Gasteiger partial charge in [-0.05, 0) is 38.0 Å². The van der Waals surface area contributed by atoms with E-state index in [1.54, 1.807) is 16.1 Å². The average molecular weight is 424 g/mol. The van der Waals surface area contributed by atoms with Crippen LogP contribution in [0.2, 0.25) is 0 Å². The molecule has 0 amide bonds. The van der Waals surface area contributed by atoms with E-state index in [-0.39, 0.29) is 23.0 Å². The summed E-state index contributed by atoms with van der Waals surface area (Å²) in [5, 5.41) is 8.95. The minimum absolute atomic E-state index is 0.0450. The third-order valence-electron chi connectivity index (χ3n) is 5.77. The van der Waals surface area contributed by atoms with E-state index in [4.69, 9.17) is 10.8 Å². The van der Waals surface area contributed by atoms with Crippen LogP contribution in [0.1, 0.15) is 30.3 Å². The van der Waals surface area contributed by atoms with Gasteiger partial charge in [-0.25, -0.2) is 23.3 Å². The summed E-state index contributed by atoms with van der Waals surface area (Å²) in [6.07, 6.45) is 5.80. The number of nitrogens with two attached hydrogens (primary N) is 1. The third-order valence-corrected chi connectivity index (χ3v) is 5.77. The third kappa shape index (κ3) is 3.37. The molecule has 1 atom stereocenters. The molecule has 1 aliphatic heterocycles. The fourth-order valence-corrected chi connectivity index (χ4v) is 4.18. The highest BCUT2D eigenvalue weighted by atomic mass is 19.1. The Balaban J connectivity index is 1.53. The standard InChI is InChI=1S/C21H22F2N8/c1-12-18(16-8-14(22)5-6-17(16)23)26-19(24)21-27-20(28-31(12)21)13-4-3-7-30(10-13)15-9-25-29(2)11-15/h5-6,8-9,11,13H,3-4,7,10H2,1-2H3,(H2,24,26). The fourth-order valence-electron chi connectivity index (χ4n) is 4.18. The molecule has 160 valence electrons. The molecule has 0 saturated carbocycles. The maximum Gasteiger partial charge on any atom is 0.198 e. The van der Waals surface area contributed by atoms with Crippen molar-refractivity contribution in [2.24, 2.45) is 7.05 Å². The van der Waals surface area contributed by atoms with Gasteiger partial charge in [-0.15, -0.1) is 0 Å². The molecule has 31 heavy (non-hydrogen) atoms. The highest BCUT2D eigenvalue weighted by molar-refractivity contribution is 5.70. The van der Waals surface area contributed by atoms with Gasteiger partial charge in [0.25, 0.3) is 0 Å². The van der Waals surface area contributed by atoms with E-state index in [1.165, 1.54) is 0 Å². The Morgan fingerprint density at radius 3 is 2.81 bits per heavy atom. The molecule has 3 aromatic heterocycles. The first kappa shape index (κ1) is 19.4. The Morgan fingerprint density at radius 1 is 1.19 bits per heavy atom. The summed E-state index contributed by atoms with van der Waals surface area (Å²) in [7, 11) is 1.90. The highest BCUT2D eigenvalue weighted by Crippen LogP contribution is 2.31. The van der Waals surface area contributed by atoms with Crippen LogP contribution in [0, 0.1) is 18.6 Å². The molecule has 5 rings (SSSR count). The van der Waals surface area contributed by atoms with Crippen LogP contribution in [0.15, 0.2) is 30.6 Å². The van der Waals surface area contributed by atoms with Crippen molar-refractivity contribution >= 4 is 17.2 Å². The van der Waals surface area contributed by atoms with Crippen LogP contribution in [0.5, 0.6) is 0 Å². The van der Waals surface area contributed by atoms with Crippen molar-refractivity contribution in [2.75, 3.05) is 23.7 Å². The van der Waals surface area contributed by atoms with Crippen LogP contribution in [0.25, 0.3) is 16.9 Å². The molecule has 1 fully saturated rings. The predicted octanol–water partition coefficient (Wildman–Crippen LogP) is 3.08. The molecule has 1 aliphatic rings. The van der Waals surface area contributed by atoms with Crippen LogP contribution in [0.3, 0.4) is 0 Å². The van der Waals surface area contributed by atoms with Crippen LogP contribution in [-0.4, -0.2) is 42.5 Å². The zero-order valence-corrected chi connectivity index (χ0v) is 17.3. The molecule has 0 aliphatic carbocycles. The van der Waals surface area contributed by atoms with Gasteiger partial charge in [0, 0.05) is 37.8 Å². The number of hydrogen-bond acceptors (Lipinski definition) is 6. The van der Waals surface area contributed by atoms with Crippen molar-refractivity contribution < 1.29 is 8.78 Å². The van der Waals surface area contributed by atoms with E-state index in [0.29, 0.717) is 17.2 Å². The Bertz CT molecular complexity index is 1280. The van der Waals surface area contributed by atoms with Gasteiger partial charge < -0.3 is 10.6 Å². The van der Waals surface area contributed by atoms with E-state index in [2.05, 4.69) is 20.0 Å². The number of aromatic nitrogens is 6. The number of halogens is 2. The van der Waals surface area contributed by atoms with E-state index in [9.17, 15) is 8.78 Å². The maximum atomic E-state index is 14.4. The summed E-state index contributed by atoms with van der Waals surface area (Å²) >= 11 is 0. The Kier molecular flexibility index (Phi) is 4.57. The molecular weight excluding hydrogens is 402 g/mol. The fraction of sp³-hybridized carbons (Fsp3) is 0.333. The number of piperidine rings is 1. The normalized spacial score (nSPS) is 16.9. The van der Waals surface area contributed by atoms with Crippen molar-refractivity contribution in [1.82, 2.24) is 29.4 Å². The number of fused-ring (bicyclic) bond motifs is 1. The lowest BCUT2D eigenvalue weighted by Crippen LogP contribution is -2.34. The summed E-state index contributed by atoms with van der Waals surface area (Å²) in [5.41, 5.74) is 8.48. The van der Waals surface area contributed by atoms with Gasteiger partial charge in [-0.2, -0.15) is 10.2 Å². The molecular formula is C21H22F2N8. The van der Waals surface area contributed by atoms with Crippen LogP contribution in [0.4, 0.5) is 20.3 Å². The maximum absolute atomic E-state index is 14.4. The second-order valence-corrected chi connectivity index (χ2v) is 7.92. The quantitative estimate of drug-likeness (QED) is 0.544. The van der Waals surface area contributed by atoms with E-state index < -0.39 is 11.6 Å². The molecule has 1 unspecified atom stereocenters. The molecule has 0 bridgehead atoms. The zero-order chi connectivity index (χ0) is 21.7. The van der Waals surface area contributed by atoms with Crippen molar-refractivity contribution in [3.05, 3.63) is 53.7 Å². The van der Waals surface area contributed by atoms with Crippen molar-refractivity contribution in [2.45, 2.75) is 25.7 Å². The SMILES string of the molecule is Cc1c(-c2cc(F)ccc2F)nc(N)c2nc(C3CCCN(c4cnn(C)c4)C3)nn12. The van der Waals surface area contributed by atoms with Crippen LogP contribution in [-0.2, 0) is 7.05 Å². The summed E-state index contributed by atoms with van der Waals surface area (Å²) < 4.78 is 31.5. The molecule has 0 spiro atoms. The van der Waals surface area contributed by atoms with E-state index in [1.807, 2.05) is 19.4 Å². The van der Waals surface area contributed by atoms with Crippen molar-refractivity contribution in [3.8, 4) is 11.3 Å². The topological polar surface area (TPSA) is 90.2 Å². The van der Waals surface area contributed by atoms with E-state index in [0.717, 1.165) is 49.8 Å². The second-order valence-electron chi connectivity index (χ2n) is 7.92. The smallest absolute Gasteiger partial charge is 0.198 e. The minimum Gasteiger partial charge on any atom is -0.381 e. The molecule has 1 saturated heterocycles. The molecule has 10 heteroatoms. The van der Waals surface area contributed by atoms with Gasteiger partial charge in [0.2, 0.25) is 0 Å². The summed E-state index contributed by atoms with van der Waals surface area (Å²) in [4.78, 5) is 11.2.